The van der Waals surface area contributed by atoms with Crippen LogP contribution in [-0.4, -0.2) is 45.1 Å². The minimum atomic E-state index is -1.01. The first-order valence-corrected chi connectivity index (χ1v) is 20.8. The van der Waals surface area contributed by atoms with Crippen molar-refractivity contribution >= 4 is 61.1 Å². The third-order valence-electron chi connectivity index (χ3n) is 11.5. The van der Waals surface area contributed by atoms with Gasteiger partial charge in [0.2, 0.25) is 17.2 Å². The number of hydrogen-bond acceptors (Lipinski definition) is 9. The summed E-state index contributed by atoms with van der Waals surface area (Å²) in [6, 6.07) is 48.0. The van der Waals surface area contributed by atoms with E-state index in [1.54, 1.807) is 23.5 Å². The van der Waals surface area contributed by atoms with Gasteiger partial charge in [0.05, 0.1) is 16.6 Å². The van der Waals surface area contributed by atoms with E-state index in [-0.39, 0.29) is 5.56 Å². The molecule has 7 aromatic carbocycles. The molecule has 3 aromatic heterocycles. The molecule has 0 spiro atoms. The predicted octanol–water partition coefficient (Wildman–Crippen LogP) is 12.5. The molecule has 5 N–H and O–H groups in total. The molecule has 3 heterocycles. The Hall–Kier alpha value is -8.21. The summed E-state index contributed by atoms with van der Waals surface area (Å²) in [7, 11) is 0. The van der Waals surface area contributed by atoms with Crippen LogP contribution in [-0.2, 0) is 0 Å². The minimum absolute atomic E-state index is 0.200. The molecular weight excluding hydrogens is 793 g/mol. The van der Waals surface area contributed by atoms with Crippen LogP contribution in [0.2, 0.25) is 0 Å². The Morgan fingerprint density at radius 3 is 1.84 bits per heavy atom. The SMILES string of the molecule is Oc1c(O)c(O)c(-c2cccc3c2c2ccccc2n3C=C2CC=Cc3sc4cccc(-c5nc(-c6ccccc6)nc(-c6cccc(-c7ccccc7)c6)n5)c4c32)c(O)c1O. The van der Waals surface area contributed by atoms with E-state index in [9.17, 15) is 25.5 Å². The topological polar surface area (TPSA) is 145 Å². The number of nitrogens with zero attached hydrogens (tertiary/aromatic N) is 4. The molecule has 0 bridgehead atoms. The zero-order valence-corrected chi connectivity index (χ0v) is 33.5. The molecule has 0 fully saturated rings. The number of phenols is 5. The molecule has 10 aromatic rings. The molecule has 10 heteroatoms. The third kappa shape index (κ3) is 5.88. The summed E-state index contributed by atoms with van der Waals surface area (Å²) in [4.78, 5) is 16.5. The largest absolute Gasteiger partial charge is 0.504 e. The fourth-order valence-electron chi connectivity index (χ4n) is 8.60. The third-order valence-corrected chi connectivity index (χ3v) is 12.6. The van der Waals surface area contributed by atoms with Gasteiger partial charge in [-0.15, -0.1) is 11.3 Å². The van der Waals surface area contributed by atoms with Crippen LogP contribution in [0.15, 0.2) is 152 Å². The van der Waals surface area contributed by atoms with Crippen molar-refractivity contribution in [1.29, 1.82) is 0 Å². The Morgan fingerprint density at radius 1 is 0.484 bits per heavy atom. The first-order valence-electron chi connectivity index (χ1n) is 20.0. The Bertz CT molecular complexity index is 3470. The van der Waals surface area contributed by atoms with Crippen LogP contribution >= 0.6 is 11.3 Å². The highest BCUT2D eigenvalue weighted by molar-refractivity contribution is 7.20. The second-order valence-electron chi connectivity index (χ2n) is 15.1. The van der Waals surface area contributed by atoms with E-state index in [0.717, 1.165) is 70.3 Å². The number of aromatic hydroxyl groups is 5. The summed E-state index contributed by atoms with van der Waals surface area (Å²) in [5, 5.41) is 55.8. The molecule has 1 aliphatic carbocycles. The van der Waals surface area contributed by atoms with Gasteiger partial charge in [-0.1, -0.05) is 127 Å². The number of hydrogen-bond donors (Lipinski definition) is 5. The van der Waals surface area contributed by atoms with E-state index >= 15 is 0 Å². The van der Waals surface area contributed by atoms with Gasteiger partial charge in [-0.3, -0.25) is 0 Å². The van der Waals surface area contributed by atoms with Crippen LogP contribution in [0.4, 0.5) is 0 Å². The number of aromatic nitrogens is 4. The minimum Gasteiger partial charge on any atom is -0.504 e. The van der Waals surface area contributed by atoms with Gasteiger partial charge in [0.1, 0.15) is 0 Å². The Labute approximate surface area is 358 Å². The van der Waals surface area contributed by atoms with E-state index in [2.05, 4.69) is 59.3 Å². The Balaban J connectivity index is 1.12. The number of fused-ring (bicyclic) bond motifs is 6. The molecule has 0 amide bonds. The van der Waals surface area contributed by atoms with Gasteiger partial charge in [-0.05, 0) is 59.0 Å². The highest BCUT2D eigenvalue weighted by atomic mass is 32.1. The van der Waals surface area contributed by atoms with E-state index in [1.807, 2.05) is 97.1 Å². The molecule has 0 saturated carbocycles. The maximum absolute atomic E-state index is 11.0. The van der Waals surface area contributed by atoms with Crippen molar-refractivity contribution in [2.24, 2.45) is 0 Å². The molecule has 62 heavy (non-hydrogen) atoms. The van der Waals surface area contributed by atoms with Crippen LogP contribution in [0.5, 0.6) is 28.7 Å². The lowest BCUT2D eigenvalue weighted by atomic mass is 9.93. The van der Waals surface area contributed by atoms with Crippen LogP contribution in [0, 0.1) is 0 Å². The van der Waals surface area contributed by atoms with Crippen molar-refractivity contribution in [3.63, 3.8) is 0 Å². The fraction of sp³-hybridized carbons (Fsp3) is 0.0192. The Morgan fingerprint density at radius 2 is 1.06 bits per heavy atom. The monoisotopic (exact) mass is 826 g/mol. The van der Waals surface area contributed by atoms with Gasteiger partial charge < -0.3 is 30.1 Å². The summed E-state index contributed by atoms with van der Waals surface area (Å²) in [5.74, 6) is -2.67. The van der Waals surface area contributed by atoms with Crippen molar-refractivity contribution in [3.8, 4) is 85.2 Å². The summed E-state index contributed by atoms with van der Waals surface area (Å²) in [6.45, 7) is 0. The number of allylic oxidation sites excluding steroid dienone is 2. The first kappa shape index (κ1) is 36.8. The van der Waals surface area contributed by atoms with E-state index in [4.69, 9.17) is 15.0 Å². The van der Waals surface area contributed by atoms with Gasteiger partial charge in [0.15, 0.2) is 29.0 Å². The quantitative estimate of drug-likeness (QED) is 0.0823. The van der Waals surface area contributed by atoms with Crippen molar-refractivity contribution in [2.45, 2.75) is 6.42 Å². The van der Waals surface area contributed by atoms with Gasteiger partial charge in [0, 0.05) is 54.2 Å². The van der Waals surface area contributed by atoms with Crippen molar-refractivity contribution in [1.82, 2.24) is 19.5 Å². The maximum atomic E-state index is 11.0. The average Bonchev–Trinajstić information content (AvgIpc) is 3.87. The maximum Gasteiger partial charge on any atom is 0.208 e. The summed E-state index contributed by atoms with van der Waals surface area (Å²) < 4.78 is 3.18. The van der Waals surface area contributed by atoms with E-state index in [1.165, 1.54) is 0 Å². The number of para-hydroxylation sites is 1. The second-order valence-corrected chi connectivity index (χ2v) is 16.2. The van der Waals surface area contributed by atoms with Gasteiger partial charge in [-0.2, -0.15) is 0 Å². The van der Waals surface area contributed by atoms with E-state index in [0.29, 0.717) is 34.8 Å². The zero-order valence-electron chi connectivity index (χ0n) is 32.7. The van der Waals surface area contributed by atoms with Crippen LogP contribution in [0.1, 0.15) is 16.9 Å². The number of phenolic OH excluding ortho intramolecular Hbond substituents is 5. The first-order chi connectivity index (χ1) is 30.3. The van der Waals surface area contributed by atoms with Gasteiger partial charge >= 0.3 is 0 Å². The molecule has 0 radical (unpaired) electrons. The van der Waals surface area contributed by atoms with Gasteiger partial charge in [-0.25, -0.2) is 15.0 Å². The van der Waals surface area contributed by atoms with E-state index < -0.39 is 28.7 Å². The van der Waals surface area contributed by atoms with Crippen molar-refractivity contribution < 1.29 is 25.5 Å². The van der Waals surface area contributed by atoms with Crippen molar-refractivity contribution in [3.05, 3.63) is 162 Å². The molecule has 9 nitrogen and oxygen atoms in total. The zero-order chi connectivity index (χ0) is 42.1. The smallest absolute Gasteiger partial charge is 0.208 e. The fourth-order valence-corrected chi connectivity index (χ4v) is 9.80. The van der Waals surface area contributed by atoms with Gasteiger partial charge in [0.25, 0.3) is 0 Å². The molecule has 0 atom stereocenters. The normalized spacial score (nSPS) is 13.1. The molecule has 298 valence electrons. The summed E-state index contributed by atoms with van der Waals surface area (Å²) in [5.41, 5.74) is 8.69. The molecule has 0 saturated heterocycles. The molecule has 0 aliphatic heterocycles. The second kappa shape index (κ2) is 14.5. The molecular formula is C52H34N4O5S. The molecule has 1 aliphatic rings. The van der Waals surface area contributed by atoms with Crippen molar-refractivity contribution in [2.75, 3.05) is 0 Å². The molecule has 11 rings (SSSR count). The Kier molecular flexibility index (Phi) is 8.62. The lowest BCUT2D eigenvalue weighted by molar-refractivity contribution is 0.330. The van der Waals surface area contributed by atoms with Crippen LogP contribution in [0.3, 0.4) is 0 Å². The number of thiophene rings is 1. The van der Waals surface area contributed by atoms with Crippen LogP contribution < -0.4 is 0 Å². The summed E-state index contributed by atoms with van der Waals surface area (Å²) in [6.07, 6.45) is 7.10. The highest BCUT2D eigenvalue weighted by Crippen LogP contribution is 2.56. The number of benzene rings is 7. The number of rotatable bonds is 6. The highest BCUT2D eigenvalue weighted by Gasteiger charge is 2.28. The van der Waals surface area contributed by atoms with Crippen LogP contribution in [0.25, 0.3) is 106 Å². The lowest BCUT2D eigenvalue weighted by Crippen LogP contribution is -2.01. The summed E-state index contributed by atoms with van der Waals surface area (Å²) >= 11 is 1.71. The lowest BCUT2D eigenvalue weighted by Gasteiger charge is -2.15. The standard InChI is InChI=1S/C52H34N4O5S/c57-45-44(46(58)48(60)49(61)47(45)59)35-21-11-24-38-42(35)34-20-7-8-23-37(34)56(38)28-33-19-10-25-39-41(33)43-36(22-12-26-40(43)62-39)52-54-50(30-15-5-2-6-16-30)53-51(55-52)32-18-9-17-31(27-32)29-13-3-1-4-14-29/h1-18,20-28,57-61H,19H2. The average molecular weight is 827 g/mol. The predicted molar refractivity (Wildman–Crippen MR) is 248 cm³/mol. The molecule has 0 unspecified atom stereocenters.